The van der Waals surface area contributed by atoms with Gasteiger partial charge in [-0.2, -0.15) is 5.10 Å². The van der Waals surface area contributed by atoms with Crippen LogP contribution < -0.4 is 4.90 Å². The molecule has 140 valence electrons. The molecule has 8 heteroatoms. The van der Waals surface area contributed by atoms with Gasteiger partial charge in [-0.05, 0) is 24.6 Å². The van der Waals surface area contributed by atoms with E-state index in [4.69, 9.17) is 0 Å². The molecule has 8 nitrogen and oxygen atoms in total. The monoisotopic (exact) mass is 366 g/mol. The molecule has 27 heavy (non-hydrogen) atoms. The topological polar surface area (TPSA) is 80.3 Å². The lowest BCUT2D eigenvalue weighted by Gasteiger charge is -2.35. The van der Waals surface area contributed by atoms with Crippen LogP contribution in [0, 0.1) is 17.0 Å². The van der Waals surface area contributed by atoms with Gasteiger partial charge in [0.1, 0.15) is 5.69 Å². The van der Waals surface area contributed by atoms with E-state index in [9.17, 15) is 10.1 Å². The van der Waals surface area contributed by atoms with Crippen molar-refractivity contribution in [2.75, 3.05) is 31.1 Å². The summed E-state index contributed by atoms with van der Waals surface area (Å²) in [5.41, 5.74) is 3.93. The Morgan fingerprint density at radius 2 is 1.93 bits per heavy atom. The SMILES string of the molecule is Cc1nn(C)c2ncc(CN3CCN(c4ccccc4[N+](=O)[O-])CC3)cc12. The molecular formula is C19H22N6O2. The molecule has 1 fully saturated rings. The van der Waals surface area contributed by atoms with Crippen molar-refractivity contribution in [1.29, 1.82) is 0 Å². The van der Waals surface area contributed by atoms with Crippen LogP contribution in [0.25, 0.3) is 11.0 Å². The van der Waals surface area contributed by atoms with E-state index in [2.05, 4.69) is 25.9 Å². The molecule has 1 aromatic carbocycles. The lowest BCUT2D eigenvalue weighted by atomic mass is 10.1. The standard InChI is InChI=1S/C19H22N6O2/c1-14-16-11-15(12-20-19(16)22(2)21-14)13-23-7-9-24(10-8-23)17-5-3-4-6-18(17)25(26)27/h3-6,11-12H,7-10,13H2,1-2H3. The lowest BCUT2D eigenvalue weighted by molar-refractivity contribution is -0.384. The minimum atomic E-state index is -0.307. The van der Waals surface area contributed by atoms with Gasteiger partial charge < -0.3 is 4.90 Å². The lowest BCUT2D eigenvalue weighted by Crippen LogP contribution is -2.46. The number of hydrogen-bond acceptors (Lipinski definition) is 6. The summed E-state index contributed by atoms with van der Waals surface area (Å²) in [6, 6.07) is 9.13. The number of aryl methyl sites for hydroxylation is 2. The number of nitrogens with zero attached hydrogens (tertiary/aromatic N) is 6. The zero-order chi connectivity index (χ0) is 19.0. The first-order valence-electron chi connectivity index (χ1n) is 9.02. The summed E-state index contributed by atoms with van der Waals surface area (Å²) in [6.45, 7) is 6.08. The number of pyridine rings is 1. The fourth-order valence-corrected chi connectivity index (χ4v) is 3.73. The zero-order valence-electron chi connectivity index (χ0n) is 15.5. The van der Waals surface area contributed by atoms with Crippen molar-refractivity contribution >= 4 is 22.4 Å². The molecule has 1 aliphatic heterocycles. The van der Waals surface area contributed by atoms with Gasteiger partial charge in [0.05, 0.1) is 10.6 Å². The molecule has 0 N–H and O–H groups in total. The number of nitro benzene ring substituents is 1. The van der Waals surface area contributed by atoms with E-state index in [0.717, 1.165) is 55.0 Å². The number of nitro groups is 1. The highest BCUT2D eigenvalue weighted by molar-refractivity contribution is 5.78. The summed E-state index contributed by atoms with van der Waals surface area (Å²) in [5, 5.41) is 16.8. The molecule has 0 radical (unpaired) electrons. The molecule has 0 unspecified atom stereocenters. The van der Waals surface area contributed by atoms with Crippen LogP contribution in [0.1, 0.15) is 11.3 Å². The van der Waals surface area contributed by atoms with Crippen molar-refractivity contribution in [3.05, 3.63) is 57.9 Å². The number of hydrogen-bond donors (Lipinski definition) is 0. The highest BCUT2D eigenvalue weighted by Gasteiger charge is 2.23. The Morgan fingerprint density at radius 3 is 2.67 bits per heavy atom. The van der Waals surface area contributed by atoms with Crippen LogP contribution in [0.3, 0.4) is 0 Å². The summed E-state index contributed by atoms with van der Waals surface area (Å²) >= 11 is 0. The Labute approximate surface area is 157 Å². The zero-order valence-corrected chi connectivity index (χ0v) is 15.5. The Kier molecular flexibility index (Phi) is 4.49. The fourth-order valence-electron chi connectivity index (χ4n) is 3.73. The van der Waals surface area contributed by atoms with Crippen molar-refractivity contribution in [2.24, 2.45) is 7.05 Å². The van der Waals surface area contributed by atoms with Crippen molar-refractivity contribution in [3.63, 3.8) is 0 Å². The van der Waals surface area contributed by atoms with E-state index in [0.29, 0.717) is 5.69 Å². The van der Waals surface area contributed by atoms with Gasteiger partial charge in [0.2, 0.25) is 0 Å². The second kappa shape index (κ2) is 6.96. The first-order valence-corrected chi connectivity index (χ1v) is 9.02. The minimum Gasteiger partial charge on any atom is -0.363 e. The van der Waals surface area contributed by atoms with Crippen LogP contribution in [0.5, 0.6) is 0 Å². The smallest absolute Gasteiger partial charge is 0.292 e. The van der Waals surface area contributed by atoms with Gasteiger partial charge >= 0.3 is 0 Å². The molecule has 0 bridgehead atoms. The van der Waals surface area contributed by atoms with Gasteiger partial charge in [-0.15, -0.1) is 0 Å². The Bertz CT molecular complexity index is 991. The molecule has 3 heterocycles. The van der Waals surface area contributed by atoms with E-state index >= 15 is 0 Å². The van der Waals surface area contributed by atoms with E-state index in [1.165, 1.54) is 0 Å². The number of benzene rings is 1. The second-order valence-electron chi connectivity index (χ2n) is 6.93. The molecule has 1 saturated heterocycles. The molecule has 2 aromatic heterocycles. The summed E-state index contributed by atoms with van der Waals surface area (Å²) < 4.78 is 1.81. The average molecular weight is 366 g/mol. The van der Waals surface area contributed by atoms with Gasteiger partial charge in [0.15, 0.2) is 5.65 Å². The number of anilines is 1. The predicted octanol–water partition coefficient (Wildman–Crippen LogP) is 2.51. The second-order valence-corrected chi connectivity index (χ2v) is 6.93. The summed E-state index contributed by atoms with van der Waals surface area (Å²) in [7, 11) is 1.91. The van der Waals surface area contributed by atoms with Crippen molar-refractivity contribution in [1.82, 2.24) is 19.7 Å². The van der Waals surface area contributed by atoms with E-state index in [1.54, 1.807) is 16.8 Å². The van der Waals surface area contributed by atoms with Crippen LogP contribution in [0.4, 0.5) is 11.4 Å². The van der Waals surface area contributed by atoms with E-state index < -0.39 is 0 Å². The number of piperazine rings is 1. The summed E-state index contributed by atoms with van der Waals surface area (Å²) in [6.07, 6.45) is 1.91. The summed E-state index contributed by atoms with van der Waals surface area (Å²) in [4.78, 5) is 20.0. The molecule has 0 saturated carbocycles. The third kappa shape index (κ3) is 3.35. The van der Waals surface area contributed by atoms with Gasteiger partial charge in [0.25, 0.3) is 5.69 Å². The van der Waals surface area contributed by atoms with Crippen LogP contribution in [-0.2, 0) is 13.6 Å². The average Bonchev–Trinajstić information content (AvgIpc) is 2.96. The molecular weight excluding hydrogens is 344 g/mol. The van der Waals surface area contributed by atoms with Gasteiger partial charge in [0, 0.05) is 57.4 Å². The molecule has 4 rings (SSSR count). The highest BCUT2D eigenvalue weighted by atomic mass is 16.6. The van der Waals surface area contributed by atoms with Crippen molar-refractivity contribution in [2.45, 2.75) is 13.5 Å². The third-order valence-electron chi connectivity index (χ3n) is 5.12. The molecule has 3 aromatic rings. The van der Waals surface area contributed by atoms with Gasteiger partial charge in [-0.3, -0.25) is 19.7 Å². The highest BCUT2D eigenvalue weighted by Crippen LogP contribution is 2.28. The molecule has 0 spiro atoms. The van der Waals surface area contributed by atoms with E-state index in [-0.39, 0.29) is 10.6 Å². The predicted molar refractivity (Wildman–Crippen MR) is 104 cm³/mol. The molecule has 1 aliphatic rings. The molecule has 0 amide bonds. The van der Waals surface area contributed by atoms with Crippen molar-refractivity contribution < 1.29 is 4.92 Å². The van der Waals surface area contributed by atoms with Crippen LogP contribution in [0.15, 0.2) is 36.5 Å². The Morgan fingerprint density at radius 1 is 1.19 bits per heavy atom. The maximum absolute atomic E-state index is 11.3. The van der Waals surface area contributed by atoms with Gasteiger partial charge in [-0.25, -0.2) is 4.98 Å². The molecule has 0 aliphatic carbocycles. The number of fused-ring (bicyclic) bond motifs is 1. The normalized spacial score (nSPS) is 15.4. The van der Waals surface area contributed by atoms with Crippen LogP contribution in [-0.4, -0.2) is 50.8 Å². The third-order valence-corrected chi connectivity index (χ3v) is 5.12. The number of aromatic nitrogens is 3. The summed E-state index contributed by atoms with van der Waals surface area (Å²) in [5.74, 6) is 0. The maximum atomic E-state index is 11.3. The van der Waals surface area contributed by atoms with E-state index in [1.807, 2.05) is 32.3 Å². The number of rotatable bonds is 4. The Balaban J connectivity index is 1.44. The first kappa shape index (κ1) is 17.4. The first-order chi connectivity index (χ1) is 13.0. The molecule has 0 atom stereocenters. The maximum Gasteiger partial charge on any atom is 0.292 e. The fraction of sp³-hybridized carbons (Fsp3) is 0.368. The Hall–Kier alpha value is -3.00. The van der Waals surface area contributed by atoms with Crippen molar-refractivity contribution in [3.8, 4) is 0 Å². The van der Waals surface area contributed by atoms with Gasteiger partial charge in [-0.1, -0.05) is 12.1 Å². The van der Waals surface area contributed by atoms with Crippen LogP contribution in [0.2, 0.25) is 0 Å². The number of para-hydroxylation sites is 2. The van der Waals surface area contributed by atoms with Crippen LogP contribution >= 0.6 is 0 Å². The quantitative estimate of drug-likeness (QED) is 0.521. The minimum absolute atomic E-state index is 0.174. The largest absolute Gasteiger partial charge is 0.363 e.